The highest BCUT2D eigenvalue weighted by molar-refractivity contribution is 9.10. The quantitative estimate of drug-likeness (QED) is 0.267. The van der Waals surface area contributed by atoms with Gasteiger partial charge in [-0.3, -0.25) is 9.59 Å². The van der Waals surface area contributed by atoms with Crippen LogP contribution in [0, 0.1) is 6.92 Å². The molecule has 6 nitrogen and oxygen atoms in total. The molecule has 0 aliphatic carbocycles. The Bertz CT molecular complexity index is 1290. The molecule has 0 saturated carbocycles. The smallest absolute Gasteiger partial charge is 0.295 e. The average Bonchev–Trinajstić information content (AvgIpc) is 3.12. The maximum absolute atomic E-state index is 13.8. The lowest BCUT2D eigenvalue weighted by atomic mass is 9.94. The number of nitrogens with one attached hydrogen (secondary N) is 1. The molecule has 1 fully saturated rings. The third-order valence-corrected chi connectivity index (χ3v) is 6.79. The zero-order valence-corrected chi connectivity index (χ0v) is 22.2. The molecule has 36 heavy (non-hydrogen) atoms. The van der Waals surface area contributed by atoms with Crippen LogP contribution in [0.2, 0.25) is 0 Å². The van der Waals surface area contributed by atoms with Crippen molar-refractivity contribution in [1.82, 2.24) is 4.90 Å². The topological polar surface area (TPSA) is 74.1 Å². The number of amides is 1. The first kappa shape index (κ1) is 25.7. The Kier molecular flexibility index (Phi) is 7.91. The van der Waals surface area contributed by atoms with Crippen molar-refractivity contribution in [2.75, 3.05) is 27.2 Å². The Labute approximate surface area is 219 Å². The number of ether oxygens (including phenoxy) is 1. The highest BCUT2D eigenvalue weighted by Crippen LogP contribution is 2.39. The Balaban J connectivity index is 1.70. The predicted molar refractivity (Wildman–Crippen MR) is 140 cm³/mol. The van der Waals surface area contributed by atoms with Gasteiger partial charge in [0.2, 0.25) is 5.78 Å². The predicted octanol–water partition coefficient (Wildman–Crippen LogP) is 2.71. The Hall–Kier alpha value is -3.42. The first-order chi connectivity index (χ1) is 17.3. The minimum absolute atomic E-state index is 0.00266. The molecule has 3 aromatic rings. The van der Waals surface area contributed by atoms with Gasteiger partial charge in [0.15, 0.2) is 0 Å². The third-order valence-electron chi connectivity index (χ3n) is 6.26. The summed E-state index contributed by atoms with van der Waals surface area (Å²) in [6.07, 6.45) is 0. The standard InChI is InChI=1S/C29H29BrN2O4/c1-19-17-23(36-18-20-7-5-4-6-8-20)13-14-24(19)27(33)25-26(21-9-11-22(30)12-10-21)32(16-15-31(2)3)29(35)28(25)34/h4-14,17,26,33H,15-16,18H2,1-3H3. The fraction of sp³-hybridized carbons (Fsp3) is 0.241. The van der Waals surface area contributed by atoms with Gasteiger partial charge in [-0.15, -0.1) is 0 Å². The van der Waals surface area contributed by atoms with Crippen molar-refractivity contribution in [2.24, 2.45) is 0 Å². The molecule has 4 rings (SSSR count). The number of likely N-dealkylation sites (N-methyl/N-ethyl adjacent to an activating group) is 1. The fourth-order valence-electron chi connectivity index (χ4n) is 4.30. The molecular weight excluding hydrogens is 520 g/mol. The highest BCUT2D eigenvalue weighted by Gasteiger charge is 2.44. The molecule has 1 saturated heterocycles. The van der Waals surface area contributed by atoms with E-state index in [1.165, 1.54) is 4.90 Å². The third kappa shape index (κ3) is 5.53. The van der Waals surface area contributed by atoms with Crippen LogP contribution in [-0.2, 0) is 16.2 Å². The largest absolute Gasteiger partial charge is 0.872 e. The number of rotatable bonds is 8. The molecule has 186 valence electrons. The molecule has 3 aromatic carbocycles. The molecule has 1 aliphatic heterocycles. The van der Waals surface area contributed by atoms with Crippen molar-refractivity contribution in [3.8, 4) is 5.75 Å². The van der Waals surface area contributed by atoms with E-state index in [9.17, 15) is 14.7 Å². The fourth-order valence-corrected chi connectivity index (χ4v) is 4.57. The summed E-state index contributed by atoms with van der Waals surface area (Å²) >= 11 is 3.43. The Morgan fingerprint density at radius 2 is 1.72 bits per heavy atom. The Morgan fingerprint density at radius 3 is 2.36 bits per heavy atom. The van der Waals surface area contributed by atoms with Gasteiger partial charge in [0, 0.05) is 10.0 Å². The van der Waals surface area contributed by atoms with E-state index in [1.807, 2.05) is 75.6 Å². The molecule has 1 unspecified atom stereocenters. The van der Waals surface area contributed by atoms with E-state index in [1.54, 1.807) is 18.2 Å². The van der Waals surface area contributed by atoms with E-state index >= 15 is 0 Å². The molecule has 0 radical (unpaired) electrons. The van der Waals surface area contributed by atoms with Gasteiger partial charge in [-0.05, 0) is 53.4 Å². The summed E-state index contributed by atoms with van der Waals surface area (Å²) < 4.78 is 6.77. The number of benzene rings is 3. The minimum Gasteiger partial charge on any atom is -0.872 e. The van der Waals surface area contributed by atoms with Crippen LogP contribution in [-0.4, -0.2) is 43.8 Å². The summed E-state index contributed by atoms with van der Waals surface area (Å²) in [5, 5.41) is 13.8. The van der Waals surface area contributed by atoms with Crippen LogP contribution in [0.3, 0.4) is 0 Å². The molecule has 0 spiro atoms. The molecule has 0 aromatic heterocycles. The number of aryl methyl sites for hydroxylation is 1. The Morgan fingerprint density at radius 1 is 1.03 bits per heavy atom. The number of Topliss-reactive ketones (excluding diaryl/α,β-unsaturated/α-hetero) is 1. The number of likely N-dealkylation sites (tertiary alicyclic amines) is 1. The monoisotopic (exact) mass is 548 g/mol. The van der Waals surface area contributed by atoms with Crippen LogP contribution in [0.1, 0.15) is 28.3 Å². The summed E-state index contributed by atoms with van der Waals surface area (Å²) in [7, 11) is 3.97. The number of hydrogen-bond acceptors (Lipinski definition) is 4. The first-order valence-electron chi connectivity index (χ1n) is 11.8. The van der Waals surface area contributed by atoms with Gasteiger partial charge < -0.3 is 19.6 Å². The van der Waals surface area contributed by atoms with Crippen LogP contribution in [0.5, 0.6) is 5.75 Å². The van der Waals surface area contributed by atoms with Crippen molar-refractivity contribution in [3.05, 3.63) is 105 Å². The SMILES string of the molecule is Cc1cc(OCc2ccccc2)ccc1C([O-])=C1C(=O)C(=O)N(CC[NH+](C)C)C1c1ccc(Br)cc1. The zero-order chi connectivity index (χ0) is 25.8. The van der Waals surface area contributed by atoms with Gasteiger partial charge >= 0.3 is 0 Å². The van der Waals surface area contributed by atoms with Crippen LogP contribution in [0.15, 0.2) is 82.8 Å². The summed E-state index contributed by atoms with van der Waals surface area (Å²) in [6.45, 7) is 3.24. The van der Waals surface area contributed by atoms with E-state index in [-0.39, 0.29) is 5.57 Å². The average molecular weight is 549 g/mol. The molecule has 1 atom stereocenters. The molecular formula is C29H29BrN2O4. The summed E-state index contributed by atoms with van der Waals surface area (Å²) in [4.78, 5) is 28.9. The summed E-state index contributed by atoms with van der Waals surface area (Å²) in [6, 6.07) is 21.7. The van der Waals surface area contributed by atoms with E-state index in [0.29, 0.717) is 36.6 Å². The molecule has 1 aliphatic rings. The lowest BCUT2D eigenvalue weighted by molar-refractivity contribution is -0.857. The first-order valence-corrected chi connectivity index (χ1v) is 12.6. The molecule has 0 bridgehead atoms. The van der Waals surface area contributed by atoms with Gasteiger partial charge in [0.1, 0.15) is 12.4 Å². The summed E-state index contributed by atoms with van der Waals surface area (Å²) in [5.41, 5.74) is 2.84. The van der Waals surface area contributed by atoms with Crippen molar-refractivity contribution in [1.29, 1.82) is 0 Å². The van der Waals surface area contributed by atoms with Crippen LogP contribution in [0.25, 0.3) is 5.76 Å². The zero-order valence-electron chi connectivity index (χ0n) is 20.6. The number of halogens is 1. The van der Waals surface area contributed by atoms with E-state index in [0.717, 1.165) is 20.5 Å². The summed E-state index contributed by atoms with van der Waals surface area (Å²) in [5.74, 6) is -1.15. The van der Waals surface area contributed by atoms with Crippen molar-refractivity contribution in [3.63, 3.8) is 0 Å². The van der Waals surface area contributed by atoms with E-state index < -0.39 is 23.5 Å². The molecule has 1 heterocycles. The van der Waals surface area contributed by atoms with Crippen LogP contribution < -0.4 is 14.7 Å². The van der Waals surface area contributed by atoms with Crippen LogP contribution >= 0.6 is 15.9 Å². The van der Waals surface area contributed by atoms with Crippen molar-refractivity contribution < 1.29 is 24.3 Å². The highest BCUT2D eigenvalue weighted by atomic mass is 79.9. The molecule has 7 heteroatoms. The van der Waals surface area contributed by atoms with Gasteiger partial charge in [0.05, 0.1) is 33.2 Å². The number of carbonyl (C=O) groups excluding carboxylic acids is 2. The van der Waals surface area contributed by atoms with E-state index in [4.69, 9.17) is 4.74 Å². The number of ketones is 1. The minimum atomic E-state index is -0.731. The van der Waals surface area contributed by atoms with Gasteiger partial charge in [-0.25, -0.2) is 0 Å². The maximum atomic E-state index is 13.8. The normalized spacial score (nSPS) is 17.1. The maximum Gasteiger partial charge on any atom is 0.295 e. The van der Waals surface area contributed by atoms with Crippen LogP contribution in [0.4, 0.5) is 0 Å². The number of hydrogen-bond donors (Lipinski definition) is 1. The number of carbonyl (C=O) groups is 2. The second kappa shape index (κ2) is 11.1. The van der Waals surface area contributed by atoms with Crippen molar-refractivity contribution in [2.45, 2.75) is 19.6 Å². The van der Waals surface area contributed by atoms with Crippen molar-refractivity contribution >= 4 is 33.4 Å². The van der Waals surface area contributed by atoms with Gasteiger partial charge in [0.25, 0.3) is 5.91 Å². The molecule has 1 amide bonds. The number of quaternary nitrogens is 1. The van der Waals surface area contributed by atoms with E-state index in [2.05, 4.69) is 15.9 Å². The molecule has 1 N–H and O–H groups in total. The second-order valence-electron chi connectivity index (χ2n) is 9.23. The van der Waals surface area contributed by atoms with Gasteiger partial charge in [-0.2, -0.15) is 0 Å². The number of nitrogens with zero attached hydrogens (tertiary/aromatic N) is 1. The van der Waals surface area contributed by atoms with Gasteiger partial charge in [-0.1, -0.05) is 70.2 Å². The second-order valence-corrected chi connectivity index (χ2v) is 10.1. The lowest BCUT2D eigenvalue weighted by Gasteiger charge is -2.28. The lowest BCUT2D eigenvalue weighted by Crippen LogP contribution is -3.06.